The Morgan fingerprint density at radius 1 is 0.468 bits per heavy atom. The number of ether oxygens (including phenoxy) is 1. The summed E-state index contributed by atoms with van der Waals surface area (Å²) in [5, 5.41) is 3.05. The quantitative estimate of drug-likeness (QED) is 0.0205. The van der Waals surface area contributed by atoms with E-state index >= 15 is 0 Å². The normalized spacial score (nSPS) is 14.0. The number of esters is 1. The van der Waals surface area contributed by atoms with Gasteiger partial charge < -0.3 is 19.4 Å². The first kappa shape index (κ1) is 74.7. The Bertz CT molecular complexity index is 1500. The van der Waals surface area contributed by atoms with E-state index in [0.29, 0.717) is 23.9 Å². The molecule has 0 heterocycles. The second-order valence-electron chi connectivity index (χ2n) is 23.3. The van der Waals surface area contributed by atoms with Crippen LogP contribution in [-0.2, 0) is 27.9 Å². The summed E-state index contributed by atoms with van der Waals surface area (Å²) in [6.07, 6.45) is 72.3. The Morgan fingerprint density at radius 3 is 1.26 bits per heavy atom. The lowest BCUT2D eigenvalue weighted by atomic mass is 10.0. The summed E-state index contributed by atoms with van der Waals surface area (Å²) in [5.41, 5.74) is 0. The first-order chi connectivity index (χ1) is 37.4. The fraction of sp³-hybridized carbons (Fsp3) is 0.821. The molecule has 0 aromatic heterocycles. The van der Waals surface area contributed by atoms with Crippen LogP contribution >= 0.6 is 7.82 Å². The van der Waals surface area contributed by atoms with Crippen molar-refractivity contribution in [2.45, 2.75) is 315 Å². The number of hydrogen-bond acceptors (Lipinski definition) is 6. The largest absolute Gasteiger partial charge is 0.472 e. The van der Waals surface area contributed by atoms with E-state index in [4.69, 9.17) is 13.8 Å². The fourth-order valence-electron chi connectivity index (χ4n) is 9.42. The average Bonchev–Trinajstić information content (AvgIpc) is 3.39. The van der Waals surface area contributed by atoms with Crippen molar-refractivity contribution >= 4 is 19.7 Å². The number of unbranched alkanes of at least 4 members (excludes halogenated alkanes) is 35. The summed E-state index contributed by atoms with van der Waals surface area (Å²) in [6, 6.07) is -0.852. The summed E-state index contributed by atoms with van der Waals surface area (Å²) < 4.78 is 30.7. The van der Waals surface area contributed by atoms with Crippen LogP contribution in [0.15, 0.2) is 60.8 Å². The van der Waals surface area contributed by atoms with E-state index in [2.05, 4.69) is 74.7 Å². The maximum atomic E-state index is 13.5. The first-order valence-corrected chi connectivity index (χ1v) is 34.1. The molecule has 0 saturated heterocycles. The van der Waals surface area contributed by atoms with E-state index in [9.17, 15) is 19.0 Å². The van der Waals surface area contributed by atoms with Crippen LogP contribution in [0.25, 0.3) is 0 Å². The van der Waals surface area contributed by atoms with Crippen LogP contribution in [0, 0.1) is 0 Å². The molecule has 0 saturated carbocycles. The molecular weight excluding hydrogens is 976 g/mol. The molecular formula is C67H126N2O7P+. The molecule has 450 valence electrons. The highest BCUT2D eigenvalue weighted by Crippen LogP contribution is 2.43. The molecule has 0 radical (unpaired) electrons. The molecule has 0 spiro atoms. The zero-order chi connectivity index (χ0) is 56.4. The number of carbonyl (C=O) groups is 2. The van der Waals surface area contributed by atoms with Gasteiger partial charge >= 0.3 is 13.8 Å². The van der Waals surface area contributed by atoms with Gasteiger partial charge in [-0.25, -0.2) is 4.57 Å². The predicted octanol–water partition coefficient (Wildman–Crippen LogP) is 20.2. The number of phosphoric ester groups is 1. The van der Waals surface area contributed by atoms with Crippen LogP contribution in [-0.4, -0.2) is 74.3 Å². The van der Waals surface area contributed by atoms with E-state index in [-0.39, 0.29) is 25.1 Å². The van der Waals surface area contributed by atoms with Crippen molar-refractivity contribution in [3.05, 3.63) is 60.8 Å². The van der Waals surface area contributed by atoms with Crippen molar-refractivity contribution in [3.8, 4) is 0 Å². The van der Waals surface area contributed by atoms with E-state index in [1.807, 2.05) is 33.3 Å². The molecule has 9 nitrogen and oxygen atoms in total. The van der Waals surface area contributed by atoms with Crippen molar-refractivity contribution in [3.63, 3.8) is 0 Å². The summed E-state index contributed by atoms with van der Waals surface area (Å²) in [6.45, 7) is 6.90. The second kappa shape index (κ2) is 57.0. The number of quaternary nitrogens is 1. The number of carbonyl (C=O) groups excluding carboxylic acids is 2. The van der Waals surface area contributed by atoms with Crippen LogP contribution in [0.3, 0.4) is 0 Å². The van der Waals surface area contributed by atoms with Crippen LogP contribution in [0.4, 0.5) is 0 Å². The van der Waals surface area contributed by atoms with Gasteiger partial charge in [0.1, 0.15) is 19.3 Å². The highest BCUT2D eigenvalue weighted by atomic mass is 31.2. The maximum absolute atomic E-state index is 13.5. The molecule has 0 aliphatic rings. The molecule has 0 rings (SSSR count). The summed E-state index contributed by atoms with van der Waals surface area (Å²) in [4.78, 5) is 37.7. The SMILES string of the molecule is CC/C=C/C/C=C/CCCCCCCCCC(=O)NC(COP(=O)(O)OCC[N+](C)(C)C)C(/C=C\CCCCCCCCCCCC)OC(=O)CCCCCCCCCCCCCCCCC/C=C\C/C=C\CCCCC. The highest BCUT2D eigenvalue weighted by Gasteiger charge is 2.30. The number of nitrogens with zero attached hydrogens (tertiary/aromatic N) is 1. The lowest BCUT2D eigenvalue weighted by Crippen LogP contribution is -2.47. The molecule has 10 heteroatoms. The Labute approximate surface area is 477 Å². The standard InChI is InChI=1S/C67H125N2O7P/c1-7-10-13-16-19-22-25-28-30-31-32-33-34-35-36-37-38-39-40-42-45-48-51-54-57-60-67(71)76-65(58-55-52-49-46-43-27-24-21-18-15-12-9-3)64(63-75-77(72,73)74-62-61-69(4,5)6)68-66(70)59-56-53-50-47-44-41-29-26-23-20-17-14-11-8-2/h11,14,19-20,22-23,28,30,55,58,64-65H,7-10,12-13,15-18,21,24-27,29,31-54,56-57,59-63H2,1-6H3,(H-,68,70,72,73)/p+1/b14-11+,22-19-,23-20+,30-28-,58-55-. The van der Waals surface area contributed by atoms with Gasteiger partial charge in [-0.05, 0) is 89.5 Å². The van der Waals surface area contributed by atoms with Crippen LogP contribution in [0.1, 0.15) is 303 Å². The smallest absolute Gasteiger partial charge is 0.456 e. The van der Waals surface area contributed by atoms with Crippen molar-refractivity contribution in [1.82, 2.24) is 5.32 Å². The Kier molecular flexibility index (Phi) is 55.3. The van der Waals surface area contributed by atoms with Gasteiger partial charge in [-0.3, -0.25) is 18.6 Å². The minimum Gasteiger partial charge on any atom is -0.456 e. The Morgan fingerprint density at radius 2 is 0.831 bits per heavy atom. The molecule has 3 unspecified atom stereocenters. The second-order valence-corrected chi connectivity index (χ2v) is 24.7. The van der Waals surface area contributed by atoms with Gasteiger partial charge in [-0.2, -0.15) is 0 Å². The number of allylic oxidation sites excluding steroid dienone is 9. The zero-order valence-electron chi connectivity index (χ0n) is 51.5. The van der Waals surface area contributed by atoms with Crippen molar-refractivity contribution < 1.29 is 37.3 Å². The summed E-state index contributed by atoms with van der Waals surface area (Å²) >= 11 is 0. The monoisotopic (exact) mass is 1100 g/mol. The first-order valence-electron chi connectivity index (χ1n) is 32.6. The molecule has 0 aliphatic carbocycles. The van der Waals surface area contributed by atoms with Gasteiger partial charge in [0.25, 0.3) is 0 Å². The number of likely N-dealkylation sites (N-methyl/N-ethyl adjacent to an activating group) is 1. The summed E-state index contributed by atoms with van der Waals surface area (Å²) in [5.74, 6) is -0.507. The Hall–Kier alpha value is -2.29. The van der Waals surface area contributed by atoms with Gasteiger partial charge in [0.15, 0.2) is 0 Å². The maximum Gasteiger partial charge on any atom is 0.472 e. The van der Waals surface area contributed by atoms with Crippen molar-refractivity contribution in [2.75, 3.05) is 40.9 Å². The lowest BCUT2D eigenvalue weighted by molar-refractivity contribution is -0.870. The highest BCUT2D eigenvalue weighted by molar-refractivity contribution is 7.47. The molecule has 0 bridgehead atoms. The third kappa shape index (κ3) is 58.2. The van der Waals surface area contributed by atoms with Gasteiger partial charge in [-0.15, -0.1) is 0 Å². The zero-order valence-corrected chi connectivity index (χ0v) is 52.3. The molecule has 0 fully saturated rings. The molecule has 3 atom stereocenters. The third-order valence-corrected chi connectivity index (χ3v) is 15.4. The summed E-state index contributed by atoms with van der Waals surface area (Å²) in [7, 11) is 1.49. The Balaban J connectivity index is 5.07. The number of rotatable bonds is 59. The molecule has 0 aromatic carbocycles. The molecule has 1 amide bonds. The van der Waals surface area contributed by atoms with E-state index in [1.54, 1.807) is 0 Å². The van der Waals surface area contributed by atoms with Gasteiger partial charge in [-0.1, -0.05) is 262 Å². The molecule has 2 N–H and O–H groups in total. The minimum absolute atomic E-state index is 0.0384. The molecule has 0 aliphatic heterocycles. The number of hydrogen-bond donors (Lipinski definition) is 2. The average molecular weight is 1100 g/mol. The van der Waals surface area contributed by atoms with Gasteiger partial charge in [0, 0.05) is 12.8 Å². The lowest BCUT2D eigenvalue weighted by Gasteiger charge is -2.27. The fourth-order valence-corrected chi connectivity index (χ4v) is 10.2. The number of nitrogens with one attached hydrogen (secondary N) is 1. The van der Waals surface area contributed by atoms with Crippen molar-refractivity contribution in [1.29, 1.82) is 0 Å². The van der Waals surface area contributed by atoms with Crippen molar-refractivity contribution in [2.24, 2.45) is 0 Å². The number of amides is 1. The number of phosphoric acid groups is 1. The molecule has 0 aromatic rings. The van der Waals surface area contributed by atoms with Gasteiger partial charge in [0.2, 0.25) is 5.91 Å². The predicted molar refractivity (Wildman–Crippen MR) is 332 cm³/mol. The van der Waals surface area contributed by atoms with Crippen LogP contribution < -0.4 is 5.32 Å². The third-order valence-electron chi connectivity index (χ3n) is 14.4. The van der Waals surface area contributed by atoms with E-state index < -0.39 is 20.0 Å². The van der Waals surface area contributed by atoms with E-state index in [0.717, 1.165) is 89.9 Å². The topological polar surface area (TPSA) is 111 Å². The molecule has 77 heavy (non-hydrogen) atoms. The van der Waals surface area contributed by atoms with Crippen LogP contribution in [0.2, 0.25) is 0 Å². The minimum atomic E-state index is -4.45. The van der Waals surface area contributed by atoms with Gasteiger partial charge in [0.05, 0.1) is 33.8 Å². The van der Waals surface area contributed by atoms with E-state index in [1.165, 1.54) is 180 Å². The van der Waals surface area contributed by atoms with Crippen LogP contribution in [0.5, 0.6) is 0 Å².